The Hall–Kier alpha value is -0.850. The Bertz CT molecular complexity index is 509. The fraction of sp³-hybridized carbons (Fsp3) is 0.950. The van der Waals surface area contributed by atoms with Gasteiger partial charge in [-0.25, -0.2) is 0 Å². The zero-order valence-corrected chi connectivity index (χ0v) is 16.4. The van der Waals surface area contributed by atoms with Crippen LogP contribution in [-0.4, -0.2) is 76.2 Å². The lowest BCUT2D eigenvalue weighted by molar-refractivity contribution is -0.171. The Morgan fingerprint density at radius 2 is 2.19 bits per heavy atom. The second-order valence-electron chi connectivity index (χ2n) is 8.42. The van der Waals surface area contributed by atoms with Crippen LogP contribution in [0.2, 0.25) is 0 Å². The smallest absolute Gasteiger partial charge is 0.194 e. The second kappa shape index (κ2) is 8.03. The van der Waals surface area contributed by atoms with Gasteiger partial charge in [0, 0.05) is 56.6 Å². The van der Waals surface area contributed by atoms with Crippen molar-refractivity contribution in [1.29, 1.82) is 0 Å². The lowest BCUT2D eigenvalue weighted by Crippen LogP contribution is -2.72. The molecule has 2 saturated carbocycles. The summed E-state index contributed by atoms with van der Waals surface area (Å²) < 4.78 is 16.9. The summed E-state index contributed by atoms with van der Waals surface area (Å²) >= 11 is 0. The largest absolute Gasteiger partial charge is 0.382 e. The fourth-order valence-corrected chi connectivity index (χ4v) is 5.54. The van der Waals surface area contributed by atoms with Crippen molar-refractivity contribution in [1.82, 2.24) is 10.2 Å². The van der Waals surface area contributed by atoms with Crippen LogP contribution in [0, 0.1) is 17.3 Å². The zero-order chi connectivity index (χ0) is 18.0. The third-order valence-electron chi connectivity index (χ3n) is 7.00. The van der Waals surface area contributed by atoms with E-state index in [1.54, 1.807) is 7.11 Å². The summed E-state index contributed by atoms with van der Waals surface area (Å²) in [6, 6.07) is 0.561. The highest BCUT2D eigenvalue weighted by Crippen LogP contribution is 2.62. The van der Waals surface area contributed by atoms with E-state index in [1.165, 1.54) is 32.1 Å². The molecule has 2 aliphatic heterocycles. The molecule has 0 radical (unpaired) electrons. The Morgan fingerprint density at radius 3 is 2.92 bits per heavy atom. The lowest BCUT2D eigenvalue weighted by atomic mass is 9.46. The number of hydrogen-bond acceptors (Lipinski definition) is 4. The van der Waals surface area contributed by atoms with Crippen molar-refractivity contribution >= 4 is 5.96 Å². The van der Waals surface area contributed by atoms with Gasteiger partial charge in [0.05, 0.1) is 25.9 Å². The monoisotopic (exact) mass is 365 g/mol. The van der Waals surface area contributed by atoms with Crippen molar-refractivity contribution in [3.63, 3.8) is 0 Å². The summed E-state index contributed by atoms with van der Waals surface area (Å²) in [5, 5.41) is 3.89. The van der Waals surface area contributed by atoms with Crippen molar-refractivity contribution in [2.24, 2.45) is 22.2 Å². The molecule has 2 heterocycles. The van der Waals surface area contributed by atoms with Gasteiger partial charge in [0.1, 0.15) is 0 Å². The maximum absolute atomic E-state index is 6.07. The number of ether oxygens (including phenoxy) is 3. The van der Waals surface area contributed by atoms with Gasteiger partial charge in [0.2, 0.25) is 0 Å². The predicted molar refractivity (Wildman–Crippen MR) is 101 cm³/mol. The van der Waals surface area contributed by atoms with E-state index >= 15 is 0 Å². The van der Waals surface area contributed by atoms with Gasteiger partial charge in [-0.2, -0.15) is 0 Å². The van der Waals surface area contributed by atoms with Crippen LogP contribution in [0.1, 0.15) is 39.0 Å². The van der Waals surface area contributed by atoms with Crippen LogP contribution >= 0.6 is 0 Å². The average molecular weight is 366 g/mol. The maximum atomic E-state index is 6.07. The van der Waals surface area contributed by atoms with Gasteiger partial charge in [-0.3, -0.25) is 4.99 Å². The molecule has 148 valence electrons. The average Bonchev–Trinajstić information content (AvgIpc) is 3.22. The van der Waals surface area contributed by atoms with Crippen molar-refractivity contribution in [2.45, 2.75) is 51.2 Å². The van der Waals surface area contributed by atoms with E-state index in [-0.39, 0.29) is 0 Å². The summed E-state index contributed by atoms with van der Waals surface area (Å²) in [7, 11) is 1.72. The molecule has 1 N–H and O–H groups in total. The first kappa shape index (κ1) is 18.5. The zero-order valence-electron chi connectivity index (χ0n) is 16.4. The van der Waals surface area contributed by atoms with E-state index in [9.17, 15) is 0 Å². The molecule has 0 aromatic rings. The molecule has 2 saturated heterocycles. The molecule has 0 amide bonds. The molecule has 0 aromatic heterocycles. The second-order valence-corrected chi connectivity index (χ2v) is 8.42. The highest BCUT2D eigenvalue weighted by Gasteiger charge is 2.66. The van der Waals surface area contributed by atoms with Crippen LogP contribution < -0.4 is 5.32 Å². The first-order chi connectivity index (χ1) is 12.8. The van der Waals surface area contributed by atoms with Crippen molar-refractivity contribution in [3.05, 3.63) is 0 Å². The lowest BCUT2D eigenvalue weighted by Gasteiger charge is -2.63. The minimum atomic E-state index is 0.401. The molecular weight excluding hydrogens is 330 g/mol. The number of hydrogen-bond donors (Lipinski definition) is 1. The third kappa shape index (κ3) is 3.25. The van der Waals surface area contributed by atoms with Crippen LogP contribution in [0.5, 0.6) is 0 Å². The van der Waals surface area contributed by atoms with Crippen molar-refractivity contribution in [2.75, 3.05) is 53.2 Å². The van der Waals surface area contributed by atoms with Crippen molar-refractivity contribution < 1.29 is 14.2 Å². The van der Waals surface area contributed by atoms with Crippen molar-refractivity contribution in [3.8, 4) is 0 Å². The first-order valence-corrected chi connectivity index (χ1v) is 10.5. The van der Waals surface area contributed by atoms with Crippen LogP contribution in [0.4, 0.5) is 0 Å². The number of rotatable bonds is 7. The van der Waals surface area contributed by atoms with Crippen LogP contribution in [-0.2, 0) is 14.2 Å². The van der Waals surface area contributed by atoms with Gasteiger partial charge in [0.15, 0.2) is 5.96 Å². The summed E-state index contributed by atoms with van der Waals surface area (Å²) in [5.74, 6) is 2.40. The SMILES string of the molecule is CCN=C(NC1C2CCOC2C12CCC2)N1CCC(COCCOC)C1. The fourth-order valence-electron chi connectivity index (χ4n) is 5.54. The summed E-state index contributed by atoms with van der Waals surface area (Å²) in [5.41, 5.74) is 0.401. The molecule has 0 bridgehead atoms. The van der Waals surface area contributed by atoms with Crippen LogP contribution in [0.15, 0.2) is 4.99 Å². The van der Waals surface area contributed by atoms with Crippen LogP contribution in [0.25, 0.3) is 0 Å². The Kier molecular flexibility index (Phi) is 5.72. The molecule has 1 spiro atoms. The highest BCUT2D eigenvalue weighted by atomic mass is 16.5. The molecule has 6 heteroatoms. The number of likely N-dealkylation sites (tertiary alicyclic amines) is 1. The van der Waals surface area contributed by atoms with Gasteiger partial charge in [-0.15, -0.1) is 0 Å². The van der Waals surface area contributed by atoms with E-state index in [0.29, 0.717) is 42.6 Å². The summed E-state index contributed by atoms with van der Waals surface area (Å²) in [6.45, 7) is 8.22. The third-order valence-corrected chi connectivity index (χ3v) is 7.00. The maximum Gasteiger partial charge on any atom is 0.194 e. The van der Waals surface area contributed by atoms with Gasteiger partial charge in [0.25, 0.3) is 0 Å². The minimum Gasteiger partial charge on any atom is -0.382 e. The Morgan fingerprint density at radius 1 is 1.31 bits per heavy atom. The summed E-state index contributed by atoms with van der Waals surface area (Å²) in [6.07, 6.45) is 6.90. The van der Waals surface area contributed by atoms with E-state index in [4.69, 9.17) is 19.2 Å². The number of fused-ring (bicyclic) bond motifs is 2. The topological polar surface area (TPSA) is 55.3 Å². The number of nitrogens with zero attached hydrogens (tertiary/aromatic N) is 2. The van der Waals surface area contributed by atoms with E-state index in [0.717, 1.165) is 38.8 Å². The highest BCUT2D eigenvalue weighted by molar-refractivity contribution is 5.81. The molecule has 26 heavy (non-hydrogen) atoms. The molecule has 4 unspecified atom stereocenters. The van der Waals surface area contributed by atoms with Gasteiger partial charge >= 0.3 is 0 Å². The molecule has 4 fully saturated rings. The molecule has 4 atom stereocenters. The summed E-state index contributed by atoms with van der Waals surface area (Å²) in [4.78, 5) is 7.29. The number of guanidine groups is 1. The van der Waals surface area contributed by atoms with E-state index < -0.39 is 0 Å². The van der Waals surface area contributed by atoms with Gasteiger partial charge < -0.3 is 24.4 Å². The molecule has 6 nitrogen and oxygen atoms in total. The van der Waals surface area contributed by atoms with E-state index in [1.807, 2.05) is 0 Å². The minimum absolute atomic E-state index is 0.401. The predicted octanol–water partition coefficient (Wildman–Crippen LogP) is 1.89. The van der Waals surface area contributed by atoms with Crippen LogP contribution in [0.3, 0.4) is 0 Å². The number of aliphatic imine (C=N–C) groups is 1. The van der Waals surface area contributed by atoms with Gasteiger partial charge in [-0.05, 0) is 32.6 Å². The van der Waals surface area contributed by atoms with E-state index in [2.05, 4.69) is 17.1 Å². The number of methoxy groups -OCH3 is 1. The molecule has 4 aliphatic rings. The molecular formula is C20H35N3O3. The molecule has 4 rings (SSSR count). The Balaban J connectivity index is 1.33. The Labute approximate surface area is 157 Å². The van der Waals surface area contributed by atoms with Gasteiger partial charge in [-0.1, -0.05) is 6.42 Å². The first-order valence-electron chi connectivity index (χ1n) is 10.5. The molecule has 2 aliphatic carbocycles. The standard InChI is InChI=1S/C20H35N3O3/c1-3-21-19(23-9-5-15(13-23)14-25-12-11-24-2)22-17-16-6-10-26-18(16)20(17)7-4-8-20/h15-18H,3-14H2,1-2H3,(H,21,22). The normalized spacial score (nSPS) is 35.3. The molecule has 0 aromatic carbocycles. The number of nitrogens with one attached hydrogen (secondary N) is 1. The quantitative estimate of drug-likeness (QED) is 0.424.